The molecule has 15 heavy (non-hydrogen) atoms. The van der Waals surface area contributed by atoms with Crippen LogP contribution in [0.5, 0.6) is 0 Å². The van der Waals surface area contributed by atoms with Gasteiger partial charge in [-0.1, -0.05) is 6.07 Å². The fourth-order valence-electron chi connectivity index (χ4n) is 1.29. The maximum atomic E-state index is 13.5. The molecule has 0 aliphatic carbocycles. The summed E-state index contributed by atoms with van der Waals surface area (Å²) in [5, 5.41) is 12.8. The van der Waals surface area contributed by atoms with Gasteiger partial charge in [-0.3, -0.25) is 0 Å². The topological polar surface area (TPSA) is 54.5 Å². The number of rotatable bonds is 1. The summed E-state index contributed by atoms with van der Waals surface area (Å²) in [5.74, 6) is 0.0427. The van der Waals surface area contributed by atoms with Crippen LogP contribution in [-0.4, -0.2) is 14.8 Å². The zero-order chi connectivity index (χ0) is 10.8. The van der Waals surface area contributed by atoms with E-state index < -0.39 is 5.82 Å². The molecule has 0 saturated carbocycles. The van der Waals surface area contributed by atoms with Crippen molar-refractivity contribution in [2.45, 2.75) is 6.92 Å². The van der Waals surface area contributed by atoms with Crippen LogP contribution in [0.2, 0.25) is 0 Å². The summed E-state index contributed by atoms with van der Waals surface area (Å²) in [6.45, 7) is 1.70. The van der Waals surface area contributed by atoms with E-state index in [9.17, 15) is 4.39 Å². The Balaban J connectivity index is 2.67. The highest BCUT2D eigenvalue weighted by atomic mass is 19.1. The Morgan fingerprint density at radius 3 is 2.87 bits per heavy atom. The van der Waals surface area contributed by atoms with Crippen LogP contribution in [0.25, 0.3) is 5.69 Å². The van der Waals surface area contributed by atoms with Gasteiger partial charge in [0, 0.05) is 0 Å². The molecule has 4 nitrogen and oxygen atoms in total. The molecule has 74 valence electrons. The van der Waals surface area contributed by atoms with Crippen LogP contribution >= 0.6 is 0 Å². The van der Waals surface area contributed by atoms with Crippen molar-refractivity contribution in [3.8, 4) is 11.8 Å². The van der Waals surface area contributed by atoms with E-state index in [1.54, 1.807) is 6.92 Å². The molecule has 0 aliphatic heterocycles. The van der Waals surface area contributed by atoms with Crippen molar-refractivity contribution in [3.05, 3.63) is 41.7 Å². The highest BCUT2D eigenvalue weighted by molar-refractivity contribution is 5.48. The molecule has 0 amide bonds. The summed E-state index contributed by atoms with van der Waals surface area (Å²) >= 11 is 0. The first-order chi connectivity index (χ1) is 7.22. The number of para-hydroxylation sites is 1. The fourth-order valence-corrected chi connectivity index (χ4v) is 1.29. The standard InChI is InChI=1S/C10H7FN4/c1-7-13-6-15(14-7)10-8(5-12)3-2-4-9(10)11/h2-4,6H,1H3. The lowest BCUT2D eigenvalue weighted by Crippen LogP contribution is -2.01. The summed E-state index contributed by atoms with van der Waals surface area (Å²) in [7, 11) is 0. The molecule has 0 fully saturated rings. The molecule has 5 heteroatoms. The van der Waals surface area contributed by atoms with Crippen LogP contribution in [0.15, 0.2) is 24.5 Å². The van der Waals surface area contributed by atoms with Gasteiger partial charge in [0.15, 0.2) is 0 Å². The third kappa shape index (κ3) is 1.57. The predicted octanol–water partition coefficient (Wildman–Crippen LogP) is 1.59. The molecule has 0 saturated heterocycles. The number of halogens is 1. The van der Waals surface area contributed by atoms with Gasteiger partial charge in [0.2, 0.25) is 0 Å². The molecular weight excluding hydrogens is 195 g/mol. The lowest BCUT2D eigenvalue weighted by molar-refractivity contribution is 0.609. The van der Waals surface area contributed by atoms with Gasteiger partial charge < -0.3 is 0 Å². The smallest absolute Gasteiger partial charge is 0.150 e. The van der Waals surface area contributed by atoms with Gasteiger partial charge >= 0.3 is 0 Å². The minimum atomic E-state index is -0.487. The van der Waals surface area contributed by atoms with Crippen LogP contribution < -0.4 is 0 Å². The van der Waals surface area contributed by atoms with Crippen molar-refractivity contribution in [2.24, 2.45) is 0 Å². The minimum absolute atomic E-state index is 0.139. The molecule has 0 aliphatic rings. The average Bonchev–Trinajstić information content (AvgIpc) is 2.64. The summed E-state index contributed by atoms with van der Waals surface area (Å²) in [6, 6.07) is 6.22. The number of nitrogens with zero attached hydrogens (tertiary/aromatic N) is 4. The largest absolute Gasteiger partial charge is 0.220 e. The molecule has 2 aromatic rings. The molecule has 2 rings (SSSR count). The molecule has 0 bridgehead atoms. The lowest BCUT2D eigenvalue weighted by Gasteiger charge is -2.03. The SMILES string of the molecule is Cc1ncn(-c2c(F)cccc2C#N)n1. The first-order valence-electron chi connectivity index (χ1n) is 4.29. The van der Waals surface area contributed by atoms with E-state index in [1.165, 1.54) is 29.2 Å². The molecule has 1 aromatic heterocycles. The summed E-state index contributed by atoms with van der Waals surface area (Å²) < 4.78 is 14.8. The zero-order valence-electron chi connectivity index (χ0n) is 7.98. The third-order valence-electron chi connectivity index (χ3n) is 1.94. The van der Waals surface area contributed by atoms with Crippen LogP contribution in [0, 0.1) is 24.1 Å². The normalized spacial score (nSPS) is 9.93. The molecule has 0 spiro atoms. The van der Waals surface area contributed by atoms with Gasteiger partial charge in [0.25, 0.3) is 0 Å². The Kier molecular flexibility index (Phi) is 2.18. The van der Waals surface area contributed by atoms with Crippen LogP contribution in [0.4, 0.5) is 4.39 Å². The number of aromatic nitrogens is 3. The van der Waals surface area contributed by atoms with Crippen molar-refractivity contribution in [1.82, 2.24) is 14.8 Å². The van der Waals surface area contributed by atoms with Gasteiger partial charge in [-0.25, -0.2) is 14.1 Å². The Bertz CT molecular complexity index is 539. The van der Waals surface area contributed by atoms with Gasteiger partial charge in [0.05, 0.1) is 5.56 Å². The predicted molar refractivity (Wildman–Crippen MR) is 50.8 cm³/mol. The molecule has 0 N–H and O–H groups in total. The van der Waals surface area contributed by atoms with Gasteiger partial charge in [-0.15, -0.1) is 0 Å². The number of hydrogen-bond acceptors (Lipinski definition) is 3. The van der Waals surface area contributed by atoms with E-state index in [0.717, 1.165) is 0 Å². The Morgan fingerprint density at radius 1 is 1.47 bits per heavy atom. The second kappa shape index (κ2) is 3.50. The van der Waals surface area contributed by atoms with E-state index in [-0.39, 0.29) is 11.3 Å². The first-order valence-corrected chi connectivity index (χ1v) is 4.29. The van der Waals surface area contributed by atoms with Crippen molar-refractivity contribution in [2.75, 3.05) is 0 Å². The maximum Gasteiger partial charge on any atom is 0.150 e. The van der Waals surface area contributed by atoms with Crippen LogP contribution in [0.3, 0.4) is 0 Å². The molecule has 0 unspecified atom stereocenters. The molecule has 1 aromatic carbocycles. The number of hydrogen-bond donors (Lipinski definition) is 0. The van der Waals surface area contributed by atoms with Crippen molar-refractivity contribution >= 4 is 0 Å². The van der Waals surface area contributed by atoms with E-state index in [4.69, 9.17) is 5.26 Å². The highest BCUT2D eigenvalue weighted by Gasteiger charge is 2.11. The first kappa shape index (κ1) is 9.34. The van der Waals surface area contributed by atoms with E-state index >= 15 is 0 Å². The fraction of sp³-hybridized carbons (Fsp3) is 0.100. The van der Waals surface area contributed by atoms with Gasteiger partial charge in [-0.05, 0) is 19.1 Å². The highest BCUT2D eigenvalue weighted by Crippen LogP contribution is 2.16. The van der Waals surface area contributed by atoms with Crippen LogP contribution in [0.1, 0.15) is 11.4 Å². The van der Waals surface area contributed by atoms with Gasteiger partial charge in [-0.2, -0.15) is 10.4 Å². The van der Waals surface area contributed by atoms with Crippen molar-refractivity contribution in [1.29, 1.82) is 5.26 Å². The third-order valence-corrected chi connectivity index (χ3v) is 1.94. The monoisotopic (exact) mass is 202 g/mol. The second-order valence-electron chi connectivity index (χ2n) is 2.98. The average molecular weight is 202 g/mol. The van der Waals surface area contributed by atoms with Crippen molar-refractivity contribution in [3.63, 3.8) is 0 Å². The molecular formula is C10H7FN4. The Labute approximate surface area is 85.6 Å². The molecule has 0 radical (unpaired) electrons. The van der Waals surface area contributed by atoms with E-state index in [0.29, 0.717) is 5.82 Å². The second-order valence-corrected chi connectivity index (χ2v) is 2.98. The summed E-state index contributed by atoms with van der Waals surface area (Å²) in [4.78, 5) is 3.89. The Hall–Kier alpha value is -2.22. The van der Waals surface area contributed by atoms with Crippen LogP contribution in [-0.2, 0) is 0 Å². The number of nitriles is 1. The maximum absolute atomic E-state index is 13.5. The number of aryl methyl sites for hydroxylation is 1. The molecule has 1 heterocycles. The van der Waals surface area contributed by atoms with Crippen molar-refractivity contribution < 1.29 is 4.39 Å². The van der Waals surface area contributed by atoms with Gasteiger partial charge in [0.1, 0.15) is 29.7 Å². The Morgan fingerprint density at radius 2 is 2.27 bits per heavy atom. The quantitative estimate of drug-likeness (QED) is 0.705. The zero-order valence-corrected chi connectivity index (χ0v) is 7.98. The van der Waals surface area contributed by atoms with E-state index in [1.807, 2.05) is 6.07 Å². The number of benzene rings is 1. The lowest BCUT2D eigenvalue weighted by atomic mass is 10.2. The minimum Gasteiger partial charge on any atom is -0.220 e. The van der Waals surface area contributed by atoms with E-state index in [2.05, 4.69) is 10.1 Å². The summed E-state index contributed by atoms with van der Waals surface area (Å²) in [6.07, 6.45) is 1.38. The summed E-state index contributed by atoms with van der Waals surface area (Å²) in [5.41, 5.74) is 0.375. The molecule has 0 atom stereocenters.